The number of benzene rings is 1. The van der Waals surface area contributed by atoms with E-state index >= 15 is 0 Å². The van der Waals surface area contributed by atoms with E-state index in [1.54, 1.807) is 0 Å². The second kappa shape index (κ2) is 7.16. The van der Waals surface area contributed by atoms with Crippen LogP contribution in [0, 0.1) is 17.6 Å². The number of anilines is 2. The Morgan fingerprint density at radius 3 is 2.67 bits per heavy atom. The van der Waals surface area contributed by atoms with Gasteiger partial charge in [-0.15, -0.1) is 0 Å². The molecule has 0 aromatic heterocycles. The maximum absolute atomic E-state index is 13.2. The highest BCUT2D eigenvalue weighted by molar-refractivity contribution is 5.66. The summed E-state index contributed by atoms with van der Waals surface area (Å²) in [7, 11) is 0. The van der Waals surface area contributed by atoms with Crippen LogP contribution in [0.5, 0.6) is 0 Å². The Kier molecular flexibility index (Phi) is 5.85. The van der Waals surface area contributed by atoms with Gasteiger partial charge in [0.25, 0.3) is 0 Å². The summed E-state index contributed by atoms with van der Waals surface area (Å²) in [5.74, 6) is -1.14. The van der Waals surface area contributed by atoms with Gasteiger partial charge in [-0.1, -0.05) is 13.3 Å². The Morgan fingerprint density at radius 2 is 2.06 bits per heavy atom. The van der Waals surface area contributed by atoms with E-state index in [4.69, 9.17) is 10.8 Å². The number of halogens is 2. The molecule has 0 aliphatic rings. The summed E-state index contributed by atoms with van der Waals surface area (Å²) in [6.45, 7) is 2.71. The van der Waals surface area contributed by atoms with Crippen molar-refractivity contribution in [3.05, 3.63) is 23.8 Å². The van der Waals surface area contributed by atoms with Gasteiger partial charge in [0, 0.05) is 19.2 Å². The zero-order valence-electron chi connectivity index (χ0n) is 10.5. The molecule has 0 spiro atoms. The van der Waals surface area contributed by atoms with Crippen molar-refractivity contribution in [1.82, 2.24) is 0 Å². The van der Waals surface area contributed by atoms with Gasteiger partial charge in [0.1, 0.15) is 5.82 Å². The molecule has 0 heterocycles. The number of aliphatic hydroxyl groups is 1. The SMILES string of the molecule is CCCC(CCO)CNc1cc(F)cc(F)c1N. The molecule has 3 nitrogen and oxygen atoms in total. The number of hydrogen-bond donors (Lipinski definition) is 3. The Balaban J connectivity index is 2.66. The van der Waals surface area contributed by atoms with E-state index in [1.807, 2.05) is 0 Å². The minimum absolute atomic E-state index is 0.0735. The molecular formula is C13H20F2N2O. The first-order valence-corrected chi connectivity index (χ1v) is 6.17. The van der Waals surface area contributed by atoms with Crippen LogP contribution < -0.4 is 11.1 Å². The van der Waals surface area contributed by atoms with Gasteiger partial charge in [-0.25, -0.2) is 8.78 Å². The van der Waals surface area contributed by atoms with Gasteiger partial charge in [-0.05, 0) is 24.8 Å². The Labute approximate surface area is 106 Å². The lowest BCUT2D eigenvalue weighted by molar-refractivity contribution is 0.255. The monoisotopic (exact) mass is 258 g/mol. The zero-order chi connectivity index (χ0) is 13.5. The summed E-state index contributed by atoms with van der Waals surface area (Å²) in [6, 6.07) is 1.94. The standard InChI is InChI=1S/C13H20F2N2O/c1-2-3-9(4-5-18)8-17-12-7-10(14)6-11(15)13(12)16/h6-7,9,17-18H,2-5,8,16H2,1H3. The summed E-state index contributed by atoms with van der Waals surface area (Å²) in [5.41, 5.74) is 5.73. The molecular weight excluding hydrogens is 238 g/mol. The molecule has 1 atom stereocenters. The molecule has 1 aromatic rings. The largest absolute Gasteiger partial charge is 0.396 e. The van der Waals surface area contributed by atoms with Gasteiger partial charge in [-0.3, -0.25) is 0 Å². The lowest BCUT2D eigenvalue weighted by Crippen LogP contribution is -2.16. The van der Waals surface area contributed by atoms with Crippen molar-refractivity contribution in [3.8, 4) is 0 Å². The smallest absolute Gasteiger partial charge is 0.151 e. The maximum atomic E-state index is 13.2. The van der Waals surface area contributed by atoms with Crippen LogP contribution in [-0.2, 0) is 0 Å². The molecule has 5 heteroatoms. The van der Waals surface area contributed by atoms with Crippen molar-refractivity contribution in [3.63, 3.8) is 0 Å². The average molecular weight is 258 g/mol. The summed E-state index contributed by atoms with van der Waals surface area (Å²) in [5, 5.41) is 11.9. The van der Waals surface area contributed by atoms with E-state index in [0.717, 1.165) is 18.9 Å². The Morgan fingerprint density at radius 1 is 1.33 bits per heavy atom. The highest BCUT2D eigenvalue weighted by atomic mass is 19.1. The minimum atomic E-state index is -0.758. The van der Waals surface area contributed by atoms with Crippen LogP contribution in [-0.4, -0.2) is 18.3 Å². The van der Waals surface area contributed by atoms with E-state index < -0.39 is 11.6 Å². The number of aliphatic hydroxyl groups excluding tert-OH is 1. The van der Waals surface area contributed by atoms with Crippen molar-refractivity contribution in [2.75, 3.05) is 24.2 Å². The third kappa shape index (κ3) is 4.14. The molecule has 1 aromatic carbocycles. The van der Waals surface area contributed by atoms with Crippen LogP contribution >= 0.6 is 0 Å². The van der Waals surface area contributed by atoms with Crippen molar-refractivity contribution < 1.29 is 13.9 Å². The molecule has 0 aliphatic heterocycles. The quantitative estimate of drug-likeness (QED) is 0.659. The predicted octanol–water partition coefficient (Wildman–Crippen LogP) is 2.76. The first kappa shape index (κ1) is 14.7. The van der Waals surface area contributed by atoms with Crippen molar-refractivity contribution in [2.45, 2.75) is 26.2 Å². The molecule has 1 unspecified atom stereocenters. The fourth-order valence-electron chi connectivity index (χ4n) is 1.92. The lowest BCUT2D eigenvalue weighted by Gasteiger charge is -2.17. The van der Waals surface area contributed by atoms with E-state index in [9.17, 15) is 8.78 Å². The summed E-state index contributed by atoms with van der Waals surface area (Å²) in [6.07, 6.45) is 2.61. The molecule has 0 fully saturated rings. The van der Waals surface area contributed by atoms with Crippen LogP contribution in [0.3, 0.4) is 0 Å². The molecule has 0 saturated carbocycles. The third-order valence-corrected chi connectivity index (χ3v) is 2.91. The second-order valence-electron chi connectivity index (χ2n) is 4.40. The van der Waals surface area contributed by atoms with E-state index in [1.165, 1.54) is 6.07 Å². The molecule has 0 radical (unpaired) electrons. The molecule has 0 saturated heterocycles. The van der Waals surface area contributed by atoms with E-state index in [-0.39, 0.29) is 23.9 Å². The number of rotatable bonds is 7. The maximum Gasteiger partial charge on any atom is 0.151 e. The molecule has 1 rings (SSSR count). The van der Waals surface area contributed by atoms with Gasteiger partial charge >= 0.3 is 0 Å². The van der Waals surface area contributed by atoms with Gasteiger partial charge in [0.05, 0.1) is 11.4 Å². The normalized spacial score (nSPS) is 12.4. The van der Waals surface area contributed by atoms with E-state index in [0.29, 0.717) is 13.0 Å². The van der Waals surface area contributed by atoms with Crippen LogP contribution in [0.15, 0.2) is 12.1 Å². The molecule has 0 bridgehead atoms. The lowest BCUT2D eigenvalue weighted by atomic mass is 10.00. The second-order valence-corrected chi connectivity index (χ2v) is 4.40. The predicted molar refractivity (Wildman–Crippen MR) is 69.4 cm³/mol. The molecule has 0 amide bonds. The first-order chi connectivity index (χ1) is 8.58. The van der Waals surface area contributed by atoms with Gasteiger partial charge in [0.2, 0.25) is 0 Å². The van der Waals surface area contributed by atoms with Crippen LogP contribution in [0.2, 0.25) is 0 Å². The molecule has 0 aliphatic carbocycles. The van der Waals surface area contributed by atoms with Crippen molar-refractivity contribution >= 4 is 11.4 Å². The van der Waals surface area contributed by atoms with Crippen LogP contribution in [0.4, 0.5) is 20.2 Å². The molecule has 102 valence electrons. The number of nitrogens with one attached hydrogen (secondary N) is 1. The van der Waals surface area contributed by atoms with Crippen LogP contribution in [0.25, 0.3) is 0 Å². The third-order valence-electron chi connectivity index (χ3n) is 2.91. The number of nitrogens with two attached hydrogens (primary N) is 1. The minimum Gasteiger partial charge on any atom is -0.396 e. The summed E-state index contributed by atoms with van der Waals surface area (Å²) in [4.78, 5) is 0. The fourth-order valence-corrected chi connectivity index (χ4v) is 1.92. The fraction of sp³-hybridized carbons (Fsp3) is 0.538. The summed E-state index contributed by atoms with van der Waals surface area (Å²) < 4.78 is 26.3. The van der Waals surface area contributed by atoms with Gasteiger partial charge in [0.15, 0.2) is 5.82 Å². The highest BCUT2D eigenvalue weighted by Gasteiger charge is 2.11. The topological polar surface area (TPSA) is 58.3 Å². The molecule has 4 N–H and O–H groups in total. The summed E-state index contributed by atoms with van der Waals surface area (Å²) >= 11 is 0. The van der Waals surface area contributed by atoms with Crippen LogP contribution in [0.1, 0.15) is 26.2 Å². The number of hydrogen-bond acceptors (Lipinski definition) is 3. The highest BCUT2D eigenvalue weighted by Crippen LogP contribution is 2.24. The van der Waals surface area contributed by atoms with Crippen molar-refractivity contribution in [2.24, 2.45) is 5.92 Å². The van der Waals surface area contributed by atoms with E-state index in [2.05, 4.69) is 12.2 Å². The van der Waals surface area contributed by atoms with Gasteiger partial charge in [-0.2, -0.15) is 0 Å². The van der Waals surface area contributed by atoms with Crippen molar-refractivity contribution in [1.29, 1.82) is 0 Å². The first-order valence-electron chi connectivity index (χ1n) is 6.17. The zero-order valence-corrected chi connectivity index (χ0v) is 10.5. The average Bonchev–Trinajstić information content (AvgIpc) is 2.32. The Hall–Kier alpha value is -1.36. The Bertz CT molecular complexity index is 379. The van der Waals surface area contributed by atoms with Gasteiger partial charge < -0.3 is 16.2 Å². The molecule has 18 heavy (non-hydrogen) atoms. The number of nitrogen functional groups attached to an aromatic ring is 1.